The fourth-order valence-corrected chi connectivity index (χ4v) is 1.75. The molecule has 4 nitrogen and oxygen atoms in total. The van der Waals surface area contributed by atoms with E-state index in [9.17, 15) is 4.79 Å². The lowest BCUT2D eigenvalue weighted by molar-refractivity contribution is 0.252. The quantitative estimate of drug-likeness (QED) is 0.603. The summed E-state index contributed by atoms with van der Waals surface area (Å²) in [7, 11) is 0. The summed E-state index contributed by atoms with van der Waals surface area (Å²) in [4.78, 5) is 15.5. The number of nitrogens with zero attached hydrogens (tertiary/aromatic N) is 1. The van der Waals surface area contributed by atoms with E-state index in [1.54, 1.807) is 18.0 Å². The number of aromatic nitrogens is 1. The topological polar surface area (TPSA) is 54.0 Å². The number of pyridine rings is 1. The zero-order chi connectivity index (χ0) is 12.5. The van der Waals surface area contributed by atoms with Crippen LogP contribution in [0.4, 0.5) is 10.6 Å². The molecule has 0 atom stereocenters. The molecule has 0 saturated carbocycles. The van der Waals surface area contributed by atoms with Gasteiger partial charge in [0.1, 0.15) is 5.82 Å². The van der Waals surface area contributed by atoms with Gasteiger partial charge >= 0.3 is 6.03 Å². The first-order valence-corrected chi connectivity index (χ1v) is 6.54. The number of thioether (sulfide) groups is 1. The Kier molecular flexibility index (Phi) is 6.17. The van der Waals surface area contributed by atoms with Crippen molar-refractivity contribution in [3.8, 4) is 0 Å². The van der Waals surface area contributed by atoms with Crippen molar-refractivity contribution in [2.75, 3.05) is 23.4 Å². The molecule has 0 saturated heterocycles. The molecule has 0 aliphatic rings. The maximum absolute atomic E-state index is 11.5. The molecule has 0 bridgehead atoms. The lowest BCUT2D eigenvalue weighted by Crippen LogP contribution is -2.30. The number of amides is 2. The van der Waals surface area contributed by atoms with Gasteiger partial charge < -0.3 is 5.32 Å². The summed E-state index contributed by atoms with van der Waals surface area (Å²) in [6, 6.07) is 3.49. The predicted molar refractivity (Wildman–Crippen MR) is 73.5 cm³/mol. The number of carbonyl (C=O) groups is 1. The Morgan fingerprint density at radius 1 is 1.65 bits per heavy atom. The molecule has 1 aromatic rings. The fourth-order valence-electron chi connectivity index (χ4n) is 1.17. The molecule has 0 aliphatic carbocycles. The molecule has 2 amide bonds. The molecular weight excluding hydrogens is 234 g/mol. The molecule has 0 fully saturated rings. The van der Waals surface area contributed by atoms with Crippen molar-refractivity contribution < 1.29 is 4.79 Å². The van der Waals surface area contributed by atoms with Crippen molar-refractivity contribution in [1.82, 2.24) is 10.3 Å². The second-order valence-electron chi connectivity index (χ2n) is 3.46. The molecule has 5 heteroatoms. The lowest BCUT2D eigenvalue weighted by atomic mass is 10.3. The zero-order valence-electron chi connectivity index (χ0n) is 9.90. The maximum atomic E-state index is 11.5. The third-order valence-electron chi connectivity index (χ3n) is 1.92. The number of nitrogens with one attached hydrogen (secondary N) is 2. The second-order valence-corrected chi connectivity index (χ2v) is 4.61. The summed E-state index contributed by atoms with van der Waals surface area (Å²) < 4.78 is 0. The highest BCUT2D eigenvalue weighted by Crippen LogP contribution is 2.04. The SMILES string of the molecule is C=CCSCCNC(=O)Nc1cc(C)ccn1. The van der Waals surface area contributed by atoms with Gasteiger partial charge in [-0.2, -0.15) is 11.8 Å². The highest BCUT2D eigenvalue weighted by atomic mass is 32.2. The van der Waals surface area contributed by atoms with E-state index in [1.165, 1.54) is 0 Å². The number of aryl methyl sites for hydroxylation is 1. The van der Waals surface area contributed by atoms with E-state index in [2.05, 4.69) is 22.2 Å². The molecule has 2 N–H and O–H groups in total. The van der Waals surface area contributed by atoms with Gasteiger partial charge in [-0.15, -0.1) is 6.58 Å². The Hall–Kier alpha value is -1.49. The van der Waals surface area contributed by atoms with Crippen molar-refractivity contribution in [3.63, 3.8) is 0 Å². The van der Waals surface area contributed by atoms with Gasteiger partial charge in [0.05, 0.1) is 0 Å². The monoisotopic (exact) mass is 251 g/mol. The Morgan fingerprint density at radius 3 is 3.18 bits per heavy atom. The summed E-state index contributed by atoms with van der Waals surface area (Å²) >= 11 is 1.73. The number of hydrogen-bond donors (Lipinski definition) is 2. The molecular formula is C12H17N3OS. The average Bonchev–Trinajstić information content (AvgIpc) is 2.29. The summed E-state index contributed by atoms with van der Waals surface area (Å²) in [5, 5.41) is 5.45. The molecule has 1 aromatic heterocycles. The van der Waals surface area contributed by atoms with Gasteiger partial charge in [-0.05, 0) is 24.6 Å². The Balaban J connectivity index is 2.23. The van der Waals surface area contributed by atoms with Gasteiger partial charge in [-0.25, -0.2) is 9.78 Å². The van der Waals surface area contributed by atoms with Gasteiger partial charge in [-0.1, -0.05) is 6.08 Å². The van der Waals surface area contributed by atoms with Crippen LogP contribution in [0.25, 0.3) is 0 Å². The third kappa shape index (κ3) is 5.97. The summed E-state index contributed by atoms with van der Waals surface area (Å²) in [6.07, 6.45) is 3.52. The van der Waals surface area contributed by atoms with Gasteiger partial charge in [-0.3, -0.25) is 5.32 Å². The van der Waals surface area contributed by atoms with Crippen LogP contribution in [0.1, 0.15) is 5.56 Å². The number of carbonyl (C=O) groups excluding carboxylic acids is 1. The van der Waals surface area contributed by atoms with E-state index in [1.807, 2.05) is 25.1 Å². The van der Waals surface area contributed by atoms with Crippen LogP contribution >= 0.6 is 11.8 Å². The van der Waals surface area contributed by atoms with Crippen molar-refractivity contribution in [3.05, 3.63) is 36.5 Å². The molecule has 92 valence electrons. The Morgan fingerprint density at radius 2 is 2.47 bits per heavy atom. The zero-order valence-corrected chi connectivity index (χ0v) is 10.7. The summed E-state index contributed by atoms with van der Waals surface area (Å²) in [5.74, 6) is 2.35. The highest BCUT2D eigenvalue weighted by Gasteiger charge is 2.01. The van der Waals surface area contributed by atoms with Crippen molar-refractivity contribution in [2.24, 2.45) is 0 Å². The molecule has 0 unspecified atom stereocenters. The third-order valence-corrected chi connectivity index (χ3v) is 2.89. The highest BCUT2D eigenvalue weighted by molar-refractivity contribution is 7.99. The summed E-state index contributed by atoms with van der Waals surface area (Å²) in [5.41, 5.74) is 1.07. The number of urea groups is 1. The van der Waals surface area contributed by atoms with Gasteiger partial charge in [0, 0.05) is 24.2 Å². The van der Waals surface area contributed by atoms with Crippen LogP contribution in [0.2, 0.25) is 0 Å². The smallest absolute Gasteiger partial charge is 0.320 e. The second kappa shape index (κ2) is 7.73. The first-order valence-electron chi connectivity index (χ1n) is 5.38. The fraction of sp³-hybridized carbons (Fsp3) is 0.333. The first-order chi connectivity index (χ1) is 8.22. The Bertz CT molecular complexity index is 382. The van der Waals surface area contributed by atoms with E-state index in [0.717, 1.165) is 17.1 Å². The van der Waals surface area contributed by atoms with E-state index >= 15 is 0 Å². The van der Waals surface area contributed by atoms with Crippen LogP contribution in [-0.2, 0) is 0 Å². The number of hydrogen-bond acceptors (Lipinski definition) is 3. The van der Waals surface area contributed by atoms with Crippen molar-refractivity contribution in [1.29, 1.82) is 0 Å². The molecule has 17 heavy (non-hydrogen) atoms. The predicted octanol–water partition coefficient (Wildman–Crippen LogP) is 2.43. The van der Waals surface area contributed by atoms with Gasteiger partial charge in [0.15, 0.2) is 0 Å². The standard InChI is InChI=1S/C12H17N3OS/c1-3-7-17-8-6-14-12(16)15-11-9-10(2)4-5-13-11/h3-5,9H,1,6-8H2,2H3,(H2,13,14,15,16). The maximum Gasteiger partial charge on any atom is 0.320 e. The lowest BCUT2D eigenvalue weighted by Gasteiger charge is -2.06. The molecule has 1 rings (SSSR count). The molecule has 1 heterocycles. The molecule has 0 aromatic carbocycles. The average molecular weight is 251 g/mol. The van der Waals surface area contributed by atoms with Crippen LogP contribution in [0.3, 0.4) is 0 Å². The van der Waals surface area contributed by atoms with Crippen LogP contribution < -0.4 is 10.6 Å². The molecule has 0 radical (unpaired) electrons. The summed E-state index contributed by atoms with van der Waals surface area (Å²) in [6.45, 7) is 6.22. The van der Waals surface area contributed by atoms with E-state index < -0.39 is 0 Å². The minimum absolute atomic E-state index is 0.220. The largest absolute Gasteiger partial charge is 0.337 e. The van der Waals surface area contributed by atoms with Crippen LogP contribution in [-0.4, -0.2) is 29.1 Å². The van der Waals surface area contributed by atoms with Crippen LogP contribution in [0, 0.1) is 6.92 Å². The molecule has 0 aliphatic heterocycles. The number of rotatable bonds is 6. The number of anilines is 1. The van der Waals surface area contributed by atoms with E-state index in [-0.39, 0.29) is 6.03 Å². The normalized spacial score (nSPS) is 9.71. The van der Waals surface area contributed by atoms with Gasteiger partial charge in [0.2, 0.25) is 0 Å². The minimum atomic E-state index is -0.220. The Labute approximate surface area is 106 Å². The van der Waals surface area contributed by atoms with Crippen LogP contribution in [0.5, 0.6) is 0 Å². The van der Waals surface area contributed by atoms with E-state index in [4.69, 9.17) is 0 Å². The van der Waals surface area contributed by atoms with Gasteiger partial charge in [0.25, 0.3) is 0 Å². The van der Waals surface area contributed by atoms with Crippen molar-refractivity contribution >= 4 is 23.6 Å². The minimum Gasteiger partial charge on any atom is -0.337 e. The van der Waals surface area contributed by atoms with Crippen LogP contribution in [0.15, 0.2) is 31.0 Å². The van der Waals surface area contributed by atoms with Crippen molar-refractivity contribution in [2.45, 2.75) is 6.92 Å². The molecule has 0 spiro atoms. The van der Waals surface area contributed by atoms with E-state index in [0.29, 0.717) is 12.4 Å². The first kappa shape index (κ1) is 13.6.